The van der Waals surface area contributed by atoms with Crippen molar-refractivity contribution in [1.82, 2.24) is 9.66 Å². The lowest BCUT2D eigenvalue weighted by Crippen LogP contribution is -2.33. The van der Waals surface area contributed by atoms with Gasteiger partial charge in [0.2, 0.25) is 0 Å². The zero-order valence-corrected chi connectivity index (χ0v) is 17.1. The number of fused-ring (bicyclic) bond motifs is 1. The maximum atomic E-state index is 12.7. The minimum atomic E-state index is -0.658. The summed E-state index contributed by atoms with van der Waals surface area (Å²) in [6.07, 6.45) is 1.21. The van der Waals surface area contributed by atoms with E-state index in [4.69, 9.17) is 0 Å². The molecule has 0 atom stereocenters. The van der Waals surface area contributed by atoms with Crippen molar-refractivity contribution < 1.29 is 9.72 Å². The van der Waals surface area contributed by atoms with Gasteiger partial charge in [0.05, 0.1) is 20.7 Å². The van der Waals surface area contributed by atoms with Crippen LogP contribution in [0.4, 0.5) is 5.69 Å². The van der Waals surface area contributed by atoms with Crippen LogP contribution in [0.5, 0.6) is 0 Å². The highest BCUT2D eigenvalue weighted by Gasteiger charge is 2.19. The number of nitrogens with one attached hydrogen (secondary N) is 1. The van der Waals surface area contributed by atoms with Crippen molar-refractivity contribution in [3.8, 4) is 0 Å². The largest absolute Gasteiger partial charge is 0.284 e. The second-order valence-electron chi connectivity index (χ2n) is 6.73. The number of benzene rings is 3. The van der Waals surface area contributed by atoms with E-state index >= 15 is 0 Å². The molecule has 3 aromatic carbocycles. The average molecular weight is 432 g/mol. The van der Waals surface area contributed by atoms with E-state index in [1.165, 1.54) is 36.3 Å². The van der Waals surface area contributed by atoms with Gasteiger partial charge in [-0.2, -0.15) is 0 Å². The van der Waals surface area contributed by atoms with Gasteiger partial charge in [0.25, 0.3) is 17.2 Å². The molecule has 0 saturated heterocycles. The van der Waals surface area contributed by atoms with Gasteiger partial charge in [-0.25, -0.2) is 9.66 Å². The Morgan fingerprint density at radius 1 is 1.10 bits per heavy atom. The normalized spacial score (nSPS) is 10.7. The SMILES string of the molecule is Cc1ccc(Sc2ccc(C(=O)Nn3cnc4ccccc4c3=O)cc2[N+](=O)[O-])cc1. The van der Waals surface area contributed by atoms with Gasteiger partial charge in [-0.1, -0.05) is 41.6 Å². The fraction of sp³-hybridized carbons (Fsp3) is 0.0455. The van der Waals surface area contributed by atoms with Crippen LogP contribution in [0.15, 0.2) is 87.6 Å². The van der Waals surface area contributed by atoms with E-state index < -0.39 is 16.4 Å². The van der Waals surface area contributed by atoms with Crippen LogP contribution in [0.2, 0.25) is 0 Å². The summed E-state index contributed by atoms with van der Waals surface area (Å²) < 4.78 is 0.964. The summed E-state index contributed by atoms with van der Waals surface area (Å²) >= 11 is 1.24. The van der Waals surface area contributed by atoms with Crippen LogP contribution < -0.4 is 11.0 Å². The van der Waals surface area contributed by atoms with Gasteiger partial charge in [0.15, 0.2) is 0 Å². The molecule has 0 aliphatic heterocycles. The molecule has 1 N–H and O–H groups in total. The highest BCUT2D eigenvalue weighted by Crippen LogP contribution is 2.35. The van der Waals surface area contributed by atoms with Crippen LogP contribution in [-0.4, -0.2) is 20.5 Å². The van der Waals surface area contributed by atoms with Gasteiger partial charge in [0.1, 0.15) is 6.33 Å². The topological polar surface area (TPSA) is 107 Å². The Hall–Kier alpha value is -3.98. The molecule has 1 heterocycles. The van der Waals surface area contributed by atoms with Crippen LogP contribution >= 0.6 is 11.8 Å². The Kier molecular flexibility index (Phi) is 5.50. The maximum absolute atomic E-state index is 12.7. The molecule has 0 saturated carbocycles. The summed E-state index contributed by atoms with van der Waals surface area (Å²) in [5.74, 6) is -0.658. The molecule has 0 aliphatic carbocycles. The minimum absolute atomic E-state index is 0.0556. The molecule has 0 fully saturated rings. The zero-order chi connectivity index (χ0) is 22.0. The van der Waals surface area contributed by atoms with Crippen molar-refractivity contribution in [2.45, 2.75) is 16.7 Å². The summed E-state index contributed by atoms with van der Waals surface area (Å²) in [4.78, 5) is 41.7. The van der Waals surface area contributed by atoms with Gasteiger partial charge >= 0.3 is 0 Å². The summed E-state index contributed by atoms with van der Waals surface area (Å²) in [5.41, 5.74) is 3.45. The Morgan fingerprint density at radius 2 is 1.84 bits per heavy atom. The van der Waals surface area contributed by atoms with Crippen molar-refractivity contribution >= 4 is 34.3 Å². The van der Waals surface area contributed by atoms with Gasteiger partial charge in [0, 0.05) is 16.5 Å². The first-order chi connectivity index (χ1) is 14.9. The van der Waals surface area contributed by atoms with Gasteiger partial charge < -0.3 is 0 Å². The molecule has 4 rings (SSSR count). The van der Waals surface area contributed by atoms with E-state index in [1.54, 1.807) is 24.3 Å². The number of nitro benzene ring substituents is 1. The van der Waals surface area contributed by atoms with Crippen molar-refractivity contribution in [3.05, 3.63) is 105 Å². The molecule has 154 valence electrons. The number of nitrogens with zero attached hydrogens (tertiary/aromatic N) is 3. The molecule has 0 bridgehead atoms. The Balaban J connectivity index is 1.62. The molecular formula is C22H16N4O4S. The van der Waals surface area contributed by atoms with Crippen LogP contribution in [0.3, 0.4) is 0 Å². The van der Waals surface area contributed by atoms with Crippen molar-refractivity contribution in [2.24, 2.45) is 0 Å². The number of rotatable bonds is 5. The molecule has 8 nitrogen and oxygen atoms in total. The smallest absolute Gasteiger partial charge is 0.267 e. The molecule has 1 amide bonds. The van der Waals surface area contributed by atoms with E-state index in [-0.39, 0.29) is 11.3 Å². The fourth-order valence-corrected chi connectivity index (χ4v) is 3.84. The number of hydrogen-bond acceptors (Lipinski definition) is 6. The predicted molar refractivity (Wildman–Crippen MR) is 118 cm³/mol. The van der Waals surface area contributed by atoms with Crippen LogP contribution in [-0.2, 0) is 0 Å². The van der Waals surface area contributed by atoms with Crippen molar-refractivity contribution in [2.75, 3.05) is 5.43 Å². The third-order valence-electron chi connectivity index (χ3n) is 4.55. The number of amides is 1. The molecule has 0 spiro atoms. The zero-order valence-electron chi connectivity index (χ0n) is 16.3. The lowest BCUT2D eigenvalue weighted by molar-refractivity contribution is -0.387. The second-order valence-corrected chi connectivity index (χ2v) is 7.85. The van der Waals surface area contributed by atoms with Gasteiger partial charge in [-0.05, 0) is 43.3 Å². The number of aryl methyl sites for hydroxylation is 1. The first kappa shape index (κ1) is 20.3. The van der Waals surface area contributed by atoms with E-state index in [0.717, 1.165) is 15.1 Å². The van der Waals surface area contributed by atoms with E-state index in [1.807, 2.05) is 31.2 Å². The summed E-state index contributed by atoms with van der Waals surface area (Å²) in [6.45, 7) is 1.96. The lowest BCUT2D eigenvalue weighted by Gasteiger charge is -2.09. The minimum Gasteiger partial charge on any atom is -0.267 e. The standard InChI is InChI=1S/C22H16N4O4S/c1-14-6-9-16(10-7-14)31-20-11-8-15(12-19(20)26(29)30)21(27)24-25-13-23-18-5-3-2-4-17(18)22(25)28/h2-13H,1H3,(H,24,27). The highest BCUT2D eigenvalue weighted by molar-refractivity contribution is 7.99. The van der Waals surface area contributed by atoms with E-state index in [9.17, 15) is 19.7 Å². The maximum Gasteiger partial charge on any atom is 0.284 e. The Bertz CT molecular complexity index is 1370. The monoisotopic (exact) mass is 432 g/mol. The number of carbonyl (C=O) groups is 1. The van der Waals surface area contributed by atoms with Crippen molar-refractivity contribution in [3.63, 3.8) is 0 Å². The summed E-state index contributed by atoms with van der Waals surface area (Å²) in [6, 6.07) is 18.6. The number of hydrogen-bond donors (Lipinski definition) is 1. The molecule has 0 aliphatic rings. The molecule has 0 unspecified atom stereocenters. The number of nitro groups is 1. The summed E-state index contributed by atoms with van der Waals surface area (Å²) in [7, 11) is 0. The van der Waals surface area contributed by atoms with Crippen LogP contribution in [0, 0.1) is 17.0 Å². The number of carbonyl (C=O) groups excluding carboxylic acids is 1. The quantitative estimate of drug-likeness (QED) is 0.375. The summed E-state index contributed by atoms with van der Waals surface area (Å²) in [5, 5.41) is 11.9. The van der Waals surface area contributed by atoms with Crippen molar-refractivity contribution in [1.29, 1.82) is 0 Å². The van der Waals surface area contributed by atoms with Gasteiger partial charge in [-0.3, -0.25) is 25.1 Å². The molecule has 1 aromatic heterocycles. The first-order valence-corrected chi connectivity index (χ1v) is 10.0. The first-order valence-electron chi connectivity index (χ1n) is 9.23. The Labute approximate surface area is 180 Å². The molecule has 31 heavy (non-hydrogen) atoms. The Morgan fingerprint density at radius 3 is 2.58 bits per heavy atom. The van der Waals surface area contributed by atoms with Crippen LogP contribution in [0.25, 0.3) is 10.9 Å². The van der Waals surface area contributed by atoms with Gasteiger partial charge in [-0.15, -0.1) is 0 Å². The molecule has 4 aromatic rings. The number of aromatic nitrogens is 2. The average Bonchev–Trinajstić information content (AvgIpc) is 2.77. The predicted octanol–water partition coefficient (Wildman–Crippen LogP) is 4.15. The molecule has 9 heteroatoms. The number of para-hydroxylation sites is 1. The third-order valence-corrected chi connectivity index (χ3v) is 5.63. The molecule has 0 radical (unpaired) electrons. The molecular weight excluding hydrogens is 416 g/mol. The fourth-order valence-electron chi connectivity index (χ4n) is 2.94. The third kappa shape index (κ3) is 4.31. The van der Waals surface area contributed by atoms with E-state index in [2.05, 4.69) is 10.4 Å². The second kappa shape index (κ2) is 8.41. The van der Waals surface area contributed by atoms with E-state index in [0.29, 0.717) is 15.8 Å². The van der Waals surface area contributed by atoms with Crippen LogP contribution in [0.1, 0.15) is 15.9 Å². The lowest BCUT2D eigenvalue weighted by atomic mass is 10.2. The highest BCUT2D eigenvalue weighted by atomic mass is 32.2.